The van der Waals surface area contributed by atoms with Crippen molar-refractivity contribution in [3.05, 3.63) is 24.3 Å². The topological polar surface area (TPSA) is 76.7 Å². The molecule has 1 aliphatic rings. The van der Waals surface area contributed by atoms with Gasteiger partial charge in [0.15, 0.2) is 6.61 Å². The Morgan fingerprint density at radius 1 is 1.19 bits per heavy atom. The van der Waals surface area contributed by atoms with Crippen molar-refractivity contribution in [1.29, 1.82) is 0 Å². The number of rotatable bonds is 8. The molecule has 26 heavy (non-hydrogen) atoms. The molecule has 2 N–H and O–H groups in total. The van der Waals surface area contributed by atoms with Crippen molar-refractivity contribution >= 4 is 17.6 Å². The Hall–Kier alpha value is -2.24. The molecular weight excluding hydrogens is 332 g/mol. The number of para-hydroxylation sites is 2. The molecule has 2 rings (SSSR count). The van der Waals surface area contributed by atoms with Gasteiger partial charge in [0.25, 0.3) is 5.91 Å². The molecule has 0 saturated heterocycles. The van der Waals surface area contributed by atoms with E-state index in [0.717, 1.165) is 24.3 Å². The predicted octanol–water partition coefficient (Wildman–Crippen LogP) is 2.98. The Kier molecular flexibility index (Phi) is 7.75. The van der Waals surface area contributed by atoms with Crippen LogP contribution in [0.1, 0.15) is 39.5 Å². The van der Waals surface area contributed by atoms with E-state index in [2.05, 4.69) is 24.5 Å². The summed E-state index contributed by atoms with van der Waals surface area (Å²) in [5, 5.41) is 6.14. The van der Waals surface area contributed by atoms with Gasteiger partial charge in [-0.3, -0.25) is 9.59 Å². The average molecular weight is 362 g/mol. The number of methoxy groups -OCH3 is 1. The second-order valence-corrected chi connectivity index (χ2v) is 6.98. The van der Waals surface area contributed by atoms with Crippen LogP contribution in [-0.2, 0) is 14.3 Å². The molecule has 1 fully saturated rings. The van der Waals surface area contributed by atoms with Gasteiger partial charge < -0.3 is 20.1 Å². The summed E-state index contributed by atoms with van der Waals surface area (Å²) < 4.78 is 10.3. The van der Waals surface area contributed by atoms with Crippen LogP contribution in [0.2, 0.25) is 0 Å². The molecule has 0 spiro atoms. The SMILES string of the molecule is COc1ccccc1NCCC(=O)OCC(=O)N[C@H]1CCC[C@@H](C)[C@@H]1C. The normalized spacial score (nSPS) is 22.3. The summed E-state index contributed by atoms with van der Waals surface area (Å²) >= 11 is 0. The summed E-state index contributed by atoms with van der Waals surface area (Å²) in [6.45, 7) is 4.59. The maximum Gasteiger partial charge on any atom is 0.308 e. The zero-order valence-electron chi connectivity index (χ0n) is 15.9. The van der Waals surface area contributed by atoms with Crippen LogP contribution in [0.25, 0.3) is 0 Å². The average Bonchev–Trinajstić information content (AvgIpc) is 2.64. The lowest BCUT2D eigenvalue weighted by atomic mass is 9.78. The highest BCUT2D eigenvalue weighted by molar-refractivity contribution is 5.80. The van der Waals surface area contributed by atoms with Gasteiger partial charge >= 0.3 is 5.97 Å². The first kappa shape index (κ1) is 20.1. The predicted molar refractivity (Wildman–Crippen MR) is 101 cm³/mol. The molecule has 1 aromatic rings. The number of esters is 1. The van der Waals surface area contributed by atoms with Gasteiger partial charge in [-0.2, -0.15) is 0 Å². The van der Waals surface area contributed by atoms with E-state index >= 15 is 0 Å². The van der Waals surface area contributed by atoms with Crippen molar-refractivity contribution in [3.63, 3.8) is 0 Å². The fraction of sp³-hybridized carbons (Fsp3) is 0.600. The monoisotopic (exact) mass is 362 g/mol. The Balaban J connectivity index is 1.66. The lowest BCUT2D eigenvalue weighted by Crippen LogP contribution is -2.45. The highest BCUT2D eigenvalue weighted by atomic mass is 16.5. The molecule has 0 unspecified atom stereocenters. The van der Waals surface area contributed by atoms with Crippen LogP contribution in [0, 0.1) is 11.8 Å². The third kappa shape index (κ3) is 5.93. The first-order valence-electron chi connectivity index (χ1n) is 9.33. The summed E-state index contributed by atoms with van der Waals surface area (Å²) in [6, 6.07) is 7.67. The van der Waals surface area contributed by atoms with Crippen molar-refractivity contribution in [2.45, 2.75) is 45.6 Å². The van der Waals surface area contributed by atoms with Crippen LogP contribution in [0.3, 0.4) is 0 Å². The highest BCUT2D eigenvalue weighted by Gasteiger charge is 2.28. The highest BCUT2D eigenvalue weighted by Crippen LogP contribution is 2.29. The zero-order valence-corrected chi connectivity index (χ0v) is 15.9. The molecular formula is C20H30N2O4. The van der Waals surface area contributed by atoms with Crippen molar-refractivity contribution in [1.82, 2.24) is 5.32 Å². The van der Waals surface area contributed by atoms with E-state index in [0.29, 0.717) is 18.4 Å². The third-order valence-corrected chi connectivity index (χ3v) is 5.17. The first-order chi connectivity index (χ1) is 12.5. The third-order valence-electron chi connectivity index (χ3n) is 5.17. The number of carbonyl (C=O) groups is 2. The van der Waals surface area contributed by atoms with Crippen molar-refractivity contribution in [2.75, 3.05) is 25.6 Å². The standard InChI is InChI=1S/C20H30N2O4/c1-14-7-6-9-16(15(14)2)22-19(23)13-26-20(24)11-12-21-17-8-4-5-10-18(17)25-3/h4-5,8,10,14-16,21H,6-7,9,11-13H2,1-3H3,(H,22,23)/t14-,15+,16+/m1/s1. The molecule has 0 bridgehead atoms. The minimum atomic E-state index is -0.396. The van der Waals surface area contributed by atoms with Crippen LogP contribution in [0.15, 0.2) is 24.3 Å². The lowest BCUT2D eigenvalue weighted by molar-refractivity contribution is -0.148. The number of amides is 1. The molecule has 3 atom stereocenters. The van der Waals surface area contributed by atoms with Crippen LogP contribution < -0.4 is 15.4 Å². The van der Waals surface area contributed by atoms with Crippen molar-refractivity contribution < 1.29 is 19.1 Å². The van der Waals surface area contributed by atoms with Gasteiger partial charge in [0, 0.05) is 12.6 Å². The second-order valence-electron chi connectivity index (χ2n) is 6.98. The van der Waals surface area contributed by atoms with Crippen LogP contribution >= 0.6 is 0 Å². The number of benzene rings is 1. The van der Waals surface area contributed by atoms with E-state index in [-0.39, 0.29) is 25.0 Å². The number of ether oxygens (including phenoxy) is 2. The van der Waals surface area contributed by atoms with Gasteiger partial charge in [-0.1, -0.05) is 38.8 Å². The molecule has 144 valence electrons. The Bertz CT molecular complexity index is 605. The van der Waals surface area contributed by atoms with Gasteiger partial charge in [0.2, 0.25) is 0 Å². The molecule has 1 saturated carbocycles. The lowest BCUT2D eigenvalue weighted by Gasteiger charge is -2.34. The van der Waals surface area contributed by atoms with Gasteiger partial charge in [-0.25, -0.2) is 0 Å². The van der Waals surface area contributed by atoms with E-state index in [4.69, 9.17) is 9.47 Å². The van der Waals surface area contributed by atoms with Gasteiger partial charge in [-0.15, -0.1) is 0 Å². The number of hydrogen-bond donors (Lipinski definition) is 2. The first-order valence-corrected chi connectivity index (χ1v) is 9.33. The van der Waals surface area contributed by atoms with E-state index < -0.39 is 5.97 Å². The second kappa shape index (κ2) is 10.0. The molecule has 6 nitrogen and oxygen atoms in total. The summed E-state index contributed by atoms with van der Waals surface area (Å²) in [4.78, 5) is 23.9. The van der Waals surface area contributed by atoms with Gasteiger partial charge in [-0.05, 0) is 30.4 Å². The summed E-state index contributed by atoms with van der Waals surface area (Å²) in [6.07, 6.45) is 3.52. The minimum Gasteiger partial charge on any atom is -0.495 e. The van der Waals surface area contributed by atoms with Gasteiger partial charge in [0.1, 0.15) is 5.75 Å². The molecule has 1 amide bonds. The fourth-order valence-corrected chi connectivity index (χ4v) is 3.34. The summed E-state index contributed by atoms with van der Waals surface area (Å²) in [7, 11) is 1.60. The molecule has 0 aliphatic heterocycles. The Morgan fingerprint density at radius 2 is 1.96 bits per heavy atom. The quantitative estimate of drug-likeness (QED) is 0.695. The van der Waals surface area contributed by atoms with Crippen LogP contribution in [0.4, 0.5) is 5.69 Å². The fourth-order valence-electron chi connectivity index (χ4n) is 3.34. The van der Waals surface area contributed by atoms with E-state index in [1.165, 1.54) is 6.42 Å². The maximum absolute atomic E-state index is 12.0. The molecule has 1 aliphatic carbocycles. The number of hydrogen-bond acceptors (Lipinski definition) is 5. The largest absolute Gasteiger partial charge is 0.495 e. The van der Waals surface area contributed by atoms with E-state index in [9.17, 15) is 9.59 Å². The Labute approximate surface area is 155 Å². The van der Waals surface area contributed by atoms with Crippen molar-refractivity contribution in [3.8, 4) is 5.75 Å². The van der Waals surface area contributed by atoms with Crippen LogP contribution in [0.5, 0.6) is 5.75 Å². The zero-order chi connectivity index (χ0) is 18.9. The van der Waals surface area contributed by atoms with Crippen LogP contribution in [-0.4, -0.2) is 38.2 Å². The molecule has 0 heterocycles. The van der Waals surface area contributed by atoms with E-state index in [1.807, 2.05) is 24.3 Å². The number of carbonyl (C=O) groups excluding carboxylic acids is 2. The molecule has 6 heteroatoms. The molecule has 1 aromatic carbocycles. The number of anilines is 1. The minimum absolute atomic E-state index is 0.178. The molecule has 0 radical (unpaired) electrons. The smallest absolute Gasteiger partial charge is 0.308 e. The molecule has 0 aromatic heterocycles. The Morgan fingerprint density at radius 3 is 2.73 bits per heavy atom. The maximum atomic E-state index is 12.0. The number of nitrogens with one attached hydrogen (secondary N) is 2. The summed E-state index contributed by atoms with van der Waals surface area (Å²) in [5.41, 5.74) is 0.820. The summed E-state index contributed by atoms with van der Waals surface area (Å²) in [5.74, 6) is 1.16. The van der Waals surface area contributed by atoms with Gasteiger partial charge in [0.05, 0.1) is 19.2 Å². The van der Waals surface area contributed by atoms with Crippen molar-refractivity contribution in [2.24, 2.45) is 11.8 Å². The van der Waals surface area contributed by atoms with E-state index in [1.54, 1.807) is 7.11 Å².